The van der Waals surface area contributed by atoms with Gasteiger partial charge in [0, 0.05) is 5.54 Å². The topological polar surface area (TPSA) is 75.1 Å². The van der Waals surface area contributed by atoms with Gasteiger partial charge in [0.15, 0.2) is 0 Å². The number of fused-ring (bicyclic) bond motifs is 1. The van der Waals surface area contributed by atoms with Crippen molar-refractivity contribution in [2.75, 3.05) is 5.32 Å². The van der Waals surface area contributed by atoms with Crippen molar-refractivity contribution >= 4 is 33.3 Å². The molecule has 0 aliphatic heterocycles. The number of carboxylic acid groups (broad SMARTS) is 1. The lowest BCUT2D eigenvalue weighted by Crippen LogP contribution is -2.37. The van der Waals surface area contributed by atoms with Crippen molar-refractivity contribution in [2.24, 2.45) is 0 Å². The lowest BCUT2D eigenvalue weighted by Gasteiger charge is -2.29. The molecule has 1 saturated carbocycles. The predicted molar refractivity (Wildman–Crippen MR) is 79.2 cm³/mol. The molecular weight excluding hydrogens is 274 g/mol. The van der Waals surface area contributed by atoms with Crippen LogP contribution in [0, 0.1) is 6.92 Å². The normalized spacial score (nSPS) is 17.4. The number of nitrogens with zero attached hydrogens (tertiary/aromatic N) is 2. The van der Waals surface area contributed by atoms with Gasteiger partial charge in [-0.2, -0.15) is 0 Å². The highest BCUT2D eigenvalue weighted by Gasteiger charge is 2.36. The predicted octanol–water partition coefficient (Wildman–Crippen LogP) is 3.20. The molecule has 2 heterocycles. The maximum atomic E-state index is 11.1. The smallest absolute Gasteiger partial charge is 0.305 e. The highest BCUT2D eigenvalue weighted by molar-refractivity contribution is 7.18. The Bertz CT molecular complexity index is 647. The maximum Gasteiger partial charge on any atom is 0.305 e. The Morgan fingerprint density at radius 1 is 1.45 bits per heavy atom. The van der Waals surface area contributed by atoms with Crippen LogP contribution in [0.5, 0.6) is 0 Å². The van der Waals surface area contributed by atoms with Crippen LogP contribution in [0.3, 0.4) is 0 Å². The van der Waals surface area contributed by atoms with E-state index in [1.165, 1.54) is 0 Å². The Hall–Kier alpha value is -1.69. The van der Waals surface area contributed by atoms with E-state index >= 15 is 0 Å². The average molecular weight is 291 g/mol. The molecule has 0 amide bonds. The largest absolute Gasteiger partial charge is 0.481 e. The number of carboxylic acids is 1. The van der Waals surface area contributed by atoms with Crippen LogP contribution in [0.1, 0.15) is 37.7 Å². The van der Waals surface area contributed by atoms with Crippen LogP contribution in [0.4, 0.5) is 5.82 Å². The van der Waals surface area contributed by atoms with E-state index < -0.39 is 5.97 Å². The van der Waals surface area contributed by atoms with Gasteiger partial charge in [0.25, 0.3) is 0 Å². The number of carbonyl (C=O) groups is 1. The van der Waals surface area contributed by atoms with E-state index in [1.807, 2.05) is 6.92 Å². The summed E-state index contributed by atoms with van der Waals surface area (Å²) >= 11 is 1.61. The maximum absolute atomic E-state index is 11.1. The third-order valence-electron chi connectivity index (χ3n) is 3.96. The van der Waals surface area contributed by atoms with Crippen molar-refractivity contribution in [3.8, 4) is 0 Å². The average Bonchev–Trinajstić information content (AvgIpc) is 2.98. The van der Waals surface area contributed by atoms with E-state index in [0.29, 0.717) is 0 Å². The number of hydrogen-bond donors (Lipinski definition) is 2. The van der Waals surface area contributed by atoms with E-state index in [2.05, 4.69) is 20.7 Å². The molecule has 5 nitrogen and oxygen atoms in total. The van der Waals surface area contributed by atoms with Crippen molar-refractivity contribution in [1.82, 2.24) is 9.97 Å². The standard InChI is InChI=1S/C14H17N3O2S/c1-9-7-20-12-11(9)15-8-16-13(12)17-14(6-10(18)19)4-2-3-5-14/h7-8H,2-6H2,1H3,(H,18,19)(H,15,16,17). The summed E-state index contributed by atoms with van der Waals surface area (Å²) in [5.41, 5.74) is 1.73. The summed E-state index contributed by atoms with van der Waals surface area (Å²) in [7, 11) is 0. The molecular formula is C14H17N3O2S. The van der Waals surface area contributed by atoms with Crippen molar-refractivity contribution < 1.29 is 9.90 Å². The minimum atomic E-state index is -0.757. The first-order chi connectivity index (χ1) is 9.60. The van der Waals surface area contributed by atoms with Crippen molar-refractivity contribution in [1.29, 1.82) is 0 Å². The number of rotatable bonds is 4. The molecule has 2 N–H and O–H groups in total. The van der Waals surface area contributed by atoms with Crippen molar-refractivity contribution in [3.05, 3.63) is 17.3 Å². The minimum absolute atomic E-state index is 0.142. The fourth-order valence-corrected chi connectivity index (χ4v) is 3.94. The lowest BCUT2D eigenvalue weighted by atomic mass is 9.93. The van der Waals surface area contributed by atoms with Crippen LogP contribution in [0.15, 0.2) is 11.7 Å². The molecule has 0 unspecified atom stereocenters. The molecule has 0 bridgehead atoms. The summed E-state index contributed by atoms with van der Waals surface area (Å²) in [5, 5.41) is 14.6. The summed E-state index contributed by atoms with van der Waals surface area (Å²) in [6.07, 6.45) is 5.59. The van der Waals surface area contributed by atoms with Crippen molar-refractivity contribution in [3.63, 3.8) is 0 Å². The fourth-order valence-electron chi connectivity index (χ4n) is 3.00. The van der Waals surface area contributed by atoms with E-state index in [1.54, 1.807) is 17.7 Å². The van der Waals surface area contributed by atoms with Crippen LogP contribution in [0.25, 0.3) is 10.2 Å². The Morgan fingerprint density at radius 3 is 2.90 bits per heavy atom. The SMILES string of the molecule is Cc1csc2c(NC3(CC(=O)O)CCCC3)ncnc12. The van der Waals surface area contributed by atoms with Crippen LogP contribution >= 0.6 is 11.3 Å². The first-order valence-electron chi connectivity index (χ1n) is 6.78. The highest BCUT2D eigenvalue weighted by Crippen LogP contribution is 2.38. The molecule has 1 fully saturated rings. The number of aliphatic carboxylic acids is 1. The number of aromatic nitrogens is 2. The second-order valence-electron chi connectivity index (χ2n) is 5.50. The first-order valence-corrected chi connectivity index (χ1v) is 7.66. The van der Waals surface area contributed by atoms with Gasteiger partial charge in [0.2, 0.25) is 0 Å². The van der Waals surface area contributed by atoms with Gasteiger partial charge in [0.05, 0.1) is 16.6 Å². The highest BCUT2D eigenvalue weighted by atomic mass is 32.1. The Labute approximate surface area is 121 Å². The van der Waals surface area contributed by atoms with Gasteiger partial charge in [-0.15, -0.1) is 11.3 Å². The van der Waals surface area contributed by atoms with Gasteiger partial charge < -0.3 is 10.4 Å². The number of thiophene rings is 1. The zero-order valence-electron chi connectivity index (χ0n) is 11.3. The molecule has 0 saturated heterocycles. The molecule has 1 aliphatic carbocycles. The molecule has 0 aromatic carbocycles. The van der Waals surface area contributed by atoms with E-state index in [4.69, 9.17) is 5.11 Å². The molecule has 0 atom stereocenters. The number of aryl methyl sites for hydroxylation is 1. The summed E-state index contributed by atoms with van der Waals surface area (Å²) in [5.74, 6) is 0.0170. The molecule has 1 aliphatic rings. The van der Waals surface area contributed by atoms with Gasteiger partial charge in [0.1, 0.15) is 12.1 Å². The van der Waals surface area contributed by atoms with Gasteiger partial charge in [-0.05, 0) is 30.7 Å². The van der Waals surface area contributed by atoms with Crippen LogP contribution < -0.4 is 5.32 Å². The lowest BCUT2D eigenvalue weighted by molar-refractivity contribution is -0.138. The second kappa shape index (κ2) is 5.01. The summed E-state index contributed by atoms with van der Waals surface area (Å²) in [4.78, 5) is 19.8. The summed E-state index contributed by atoms with van der Waals surface area (Å²) in [6.45, 7) is 2.03. The molecule has 2 aromatic heterocycles. The fraction of sp³-hybridized carbons (Fsp3) is 0.500. The monoisotopic (exact) mass is 291 g/mol. The quantitative estimate of drug-likeness (QED) is 0.904. The first kappa shape index (κ1) is 13.3. The molecule has 2 aromatic rings. The van der Waals surface area contributed by atoms with E-state index in [9.17, 15) is 4.79 Å². The summed E-state index contributed by atoms with van der Waals surface area (Å²) < 4.78 is 1.02. The molecule has 0 radical (unpaired) electrons. The van der Waals surface area contributed by atoms with Crippen LogP contribution in [-0.4, -0.2) is 26.6 Å². The number of hydrogen-bond acceptors (Lipinski definition) is 5. The van der Waals surface area contributed by atoms with Gasteiger partial charge >= 0.3 is 5.97 Å². The number of anilines is 1. The minimum Gasteiger partial charge on any atom is -0.481 e. The Morgan fingerprint density at radius 2 is 2.20 bits per heavy atom. The summed E-state index contributed by atoms with van der Waals surface area (Å²) in [6, 6.07) is 0. The van der Waals surface area contributed by atoms with Gasteiger partial charge in [-0.25, -0.2) is 9.97 Å². The molecule has 106 valence electrons. The third-order valence-corrected chi connectivity index (χ3v) is 5.06. The van der Waals surface area contributed by atoms with Crippen molar-refractivity contribution in [2.45, 2.75) is 44.6 Å². The van der Waals surface area contributed by atoms with Crippen LogP contribution in [-0.2, 0) is 4.79 Å². The molecule has 20 heavy (non-hydrogen) atoms. The zero-order valence-corrected chi connectivity index (χ0v) is 12.2. The molecule has 0 spiro atoms. The third kappa shape index (κ3) is 2.35. The van der Waals surface area contributed by atoms with Gasteiger partial charge in [-0.3, -0.25) is 4.79 Å². The van der Waals surface area contributed by atoms with Crippen LogP contribution in [0.2, 0.25) is 0 Å². The van der Waals surface area contributed by atoms with E-state index in [0.717, 1.165) is 47.3 Å². The molecule has 3 rings (SSSR count). The Balaban J connectivity index is 1.96. The Kier molecular flexibility index (Phi) is 3.33. The van der Waals surface area contributed by atoms with Gasteiger partial charge in [-0.1, -0.05) is 12.8 Å². The van der Waals surface area contributed by atoms with E-state index in [-0.39, 0.29) is 12.0 Å². The number of nitrogens with one attached hydrogen (secondary N) is 1. The zero-order chi connectivity index (χ0) is 14.2. The second-order valence-corrected chi connectivity index (χ2v) is 6.38. The molecule has 6 heteroatoms.